The zero-order chi connectivity index (χ0) is 18.6. The standard InChI is InChI=1S/C18H20N2O5/c1-18(2,3)25-17(23)20-15-10-11(16(22)24-4)9-13(19-15)12-7-5-6-8-14(12)21/h5-10,21H,1-4H3,(H,19,20,23). The Morgan fingerprint density at radius 1 is 1.16 bits per heavy atom. The van der Waals surface area contributed by atoms with Crippen molar-refractivity contribution in [2.75, 3.05) is 12.4 Å². The van der Waals surface area contributed by atoms with E-state index in [1.54, 1.807) is 39.0 Å². The normalized spacial score (nSPS) is 10.9. The number of phenolic OH excluding ortho intramolecular Hbond substituents is 1. The van der Waals surface area contributed by atoms with Crippen molar-refractivity contribution in [2.45, 2.75) is 26.4 Å². The van der Waals surface area contributed by atoms with Gasteiger partial charge in [0.2, 0.25) is 0 Å². The lowest BCUT2D eigenvalue weighted by atomic mass is 10.1. The summed E-state index contributed by atoms with van der Waals surface area (Å²) in [6.07, 6.45) is -0.703. The highest BCUT2D eigenvalue weighted by Gasteiger charge is 2.19. The molecule has 2 rings (SSSR count). The van der Waals surface area contributed by atoms with Gasteiger partial charge in [-0.3, -0.25) is 5.32 Å². The van der Waals surface area contributed by atoms with Crippen LogP contribution >= 0.6 is 0 Å². The second kappa shape index (κ2) is 7.21. The third-order valence-electron chi connectivity index (χ3n) is 3.06. The van der Waals surface area contributed by atoms with E-state index in [0.29, 0.717) is 11.3 Å². The number of hydrogen-bond acceptors (Lipinski definition) is 6. The summed E-state index contributed by atoms with van der Waals surface area (Å²) in [6, 6.07) is 9.39. The molecule has 1 amide bonds. The lowest BCUT2D eigenvalue weighted by molar-refractivity contribution is 0.0596. The predicted octanol–water partition coefficient (Wildman–Crippen LogP) is 3.59. The van der Waals surface area contributed by atoms with Crippen molar-refractivity contribution in [3.05, 3.63) is 42.0 Å². The molecule has 0 fully saturated rings. The molecule has 0 radical (unpaired) electrons. The second-order valence-electron chi connectivity index (χ2n) is 6.26. The molecule has 0 bridgehead atoms. The summed E-state index contributed by atoms with van der Waals surface area (Å²) < 4.78 is 9.91. The number of anilines is 1. The second-order valence-corrected chi connectivity index (χ2v) is 6.26. The number of rotatable bonds is 3. The Morgan fingerprint density at radius 3 is 2.44 bits per heavy atom. The summed E-state index contributed by atoms with van der Waals surface area (Å²) in [7, 11) is 1.25. The van der Waals surface area contributed by atoms with E-state index in [-0.39, 0.29) is 17.1 Å². The minimum Gasteiger partial charge on any atom is -0.507 e. The smallest absolute Gasteiger partial charge is 0.413 e. The average molecular weight is 344 g/mol. The third kappa shape index (κ3) is 4.94. The molecule has 1 aromatic carbocycles. The van der Waals surface area contributed by atoms with Gasteiger partial charge in [-0.2, -0.15) is 0 Å². The first-order valence-corrected chi connectivity index (χ1v) is 7.58. The van der Waals surface area contributed by atoms with Gasteiger partial charge in [-0.15, -0.1) is 0 Å². The Kier molecular flexibility index (Phi) is 5.26. The number of benzene rings is 1. The number of aromatic nitrogens is 1. The van der Waals surface area contributed by atoms with E-state index in [9.17, 15) is 14.7 Å². The number of nitrogens with zero attached hydrogens (tertiary/aromatic N) is 1. The third-order valence-corrected chi connectivity index (χ3v) is 3.06. The lowest BCUT2D eigenvalue weighted by Crippen LogP contribution is -2.27. The zero-order valence-corrected chi connectivity index (χ0v) is 14.5. The summed E-state index contributed by atoms with van der Waals surface area (Å²) in [5.74, 6) is -0.484. The van der Waals surface area contributed by atoms with Gasteiger partial charge in [0, 0.05) is 5.56 Å². The first-order valence-electron chi connectivity index (χ1n) is 7.58. The van der Waals surface area contributed by atoms with E-state index >= 15 is 0 Å². The molecule has 7 heteroatoms. The number of para-hydroxylation sites is 1. The summed E-state index contributed by atoms with van der Waals surface area (Å²) >= 11 is 0. The fourth-order valence-corrected chi connectivity index (χ4v) is 2.07. The molecule has 7 nitrogen and oxygen atoms in total. The van der Waals surface area contributed by atoms with Crippen molar-refractivity contribution >= 4 is 17.9 Å². The molecule has 1 aromatic heterocycles. The van der Waals surface area contributed by atoms with Gasteiger partial charge in [-0.25, -0.2) is 14.6 Å². The molecule has 132 valence electrons. The molecule has 0 saturated heterocycles. The van der Waals surface area contributed by atoms with Gasteiger partial charge in [0.1, 0.15) is 17.2 Å². The number of methoxy groups -OCH3 is 1. The molecular formula is C18H20N2O5. The number of phenols is 1. The molecule has 0 unspecified atom stereocenters. The minimum absolute atomic E-state index is 0.000217. The number of carbonyl (C=O) groups is 2. The zero-order valence-electron chi connectivity index (χ0n) is 14.5. The molecule has 25 heavy (non-hydrogen) atoms. The van der Waals surface area contributed by atoms with Crippen molar-refractivity contribution < 1.29 is 24.2 Å². The van der Waals surface area contributed by atoms with Gasteiger partial charge >= 0.3 is 12.1 Å². The van der Waals surface area contributed by atoms with Crippen LogP contribution in [-0.2, 0) is 9.47 Å². The highest BCUT2D eigenvalue weighted by atomic mass is 16.6. The fourth-order valence-electron chi connectivity index (χ4n) is 2.07. The summed E-state index contributed by atoms with van der Waals surface area (Å²) in [5.41, 5.74) is 0.235. The van der Waals surface area contributed by atoms with Crippen LogP contribution in [0.15, 0.2) is 36.4 Å². The van der Waals surface area contributed by atoms with Crippen molar-refractivity contribution in [3.8, 4) is 17.0 Å². The molecule has 0 atom stereocenters. The minimum atomic E-state index is -0.703. The van der Waals surface area contributed by atoms with Crippen LogP contribution in [0.2, 0.25) is 0 Å². The fraction of sp³-hybridized carbons (Fsp3) is 0.278. The first kappa shape index (κ1) is 18.3. The van der Waals surface area contributed by atoms with Crippen LogP contribution in [0, 0.1) is 0 Å². The molecule has 0 aliphatic heterocycles. The SMILES string of the molecule is COC(=O)c1cc(NC(=O)OC(C)(C)C)nc(-c2ccccc2O)c1. The molecule has 0 spiro atoms. The van der Waals surface area contributed by atoms with Crippen LogP contribution in [0.4, 0.5) is 10.6 Å². The maximum atomic E-state index is 12.0. The highest BCUT2D eigenvalue weighted by molar-refractivity contribution is 5.93. The number of esters is 1. The number of amides is 1. The Labute approximate surface area is 145 Å². The van der Waals surface area contributed by atoms with Crippen LogP contribution in [0.3, 0.4) is 0 Å². The van der Waals surface area contributed by atoms with Gasteiger partial charge < -0.3 is 14.6 Å². The summed E-state index contributed by atoms with van der Waals surface area (Å²) in [6.45, 7) is 5.20. The van der Waals surface area contributed by atoms with Crippen LogP contribution in [-0.4, -0.2) is 34.9 Å². The van der Waals surface area contributed by atoms with E-state index < -0.39 is 17.7 Å². The maximum absolute atomic E-state index is 12.0. The van der Waals surface area contributed by atoms with Gasteiger partial charge in [-0.1, -0.05) is 12.1 Å². The average Bonchev–Trinajstić information content (AvgIpc) is 2.52. The topological polar surface area (TPSA) is 97.8 Å². The Morgan fingerprint density at radius 2 is 1.84 bits per heavy atom. The quantitative estimate of drug-likeness (QED) is 0.826. The molecule has 0 aliphatic rings. The number of ether oxygens (including phenoxy) is 2. The predicted molar refractivity (Wildman–Crippen MR) is 92.5 cm³/mol. The number of carbonyl (C=O) groups excluding carboxylic acids is 2. The van der Waals surface area contributed by atoms with E-state index in [2.05, 4.69) is 10.3 Å². The van der Waals surface area contributed by atoms with Gasteiger partial charge in [-0.05, 0) is 45.0 Å². The monoisotopic (exact) mass is 344 g/mol. The molecule has 2 aromatic rings. The van der Waals surface area contributed by atoms with E-state index in [1.165, 1.54) is 25.3 Å². The van der Waals surface area contributed by atoms with Crippen LogP contribution < -0.4 is 5.32 Å². The lowest BCUT2D eigenvalue weighted by Gasteiger charge is -2.19. The molecule has 0 aliphatic carbocycles. The van der Waals surface area contributed by atoms with E-state index in [1.807, 2.05) is 0 Å². The Bertz CT molecular complexity index is 796. The molecule has 1 heterocycles. The van der Waals surface area contributed by atoms with Gasteiger partial charge in [0.25, 0.3) is 0 Å². The van der Waals surface area contributed by atoms with Crippen molar-refractivity contribution in [3.63, 3.8) is 0 Å². The first-order chi connectivity index (χ1) is 11.7. The number of aromatic hydroxyl groups is 1. The number of nitrogens with one attached hydrogen (secondary N) is 1. The molecule has 0 saturated carbocycles. The van der Waals surface area contributed by atoms with Crippen molar-refractivity contribution in [2.24, 2.45) is 0 Å². The number of hydrogen-bond donors (Lipinski definition) is 2. The molecular weight excluding hydrogens is 324 g/mol. The maximum Gasteiger partial charge on any atom is 0.413 e. The summed E-state index contributed by atoms with van der Waals surface area (Å²) in [4.78, 5) is 28.1. The van der Waals surface area contributed by atoms with Crippen LogP contribution in [0.25, 0.3) is 11.3 Å². The highest BCUT2D eigenvalue weighted by Crippen LogP contribution is 2.29. The Hall–Kier alpha value is -3.09. The Balaban J connectivity index is 2.43. The van der Waals surface area contributed by atoms with Gasteiger partial charge in [0.15, 0.2) is 0 Å². The van der Waals surface area contributed by atoms with Crippen molar-refractivity contribution in [1.82, 2.24) is 4.98 Å². The van der Waals surface area contributed by atoms with Crippen LogP contribution in [0.1, 0.15) is 31.1 Å². The number of pyridine rings is 1. The van der Waals surface area contributed by atoms with Crippen LogP contribution in [0.5, 0.6) is 5.75 Å². The van der Waals surface area contributed by atoms with E-state index in [0.717, 1.165) is 0 Å². The largest absolute Gasteiger partial charge is 0.507 e. The summed E-state index contributed by atoms with van der Waals surface area (Å²) in [5, 5.41) is 12.5. The van der Waals surface area contributed by atoms with Gasteiger partial charge in [0.05, 0.1) is 18.4 Å². The molecule has 2 N–H and O–H groups in total. The van der Waals surface area contributed by atoms with E-state index in [4.69, 9.17) is 9.47 Å². The van der Waals surface area contributed by atoms with Crippen molar-refractivity contribution in [1.29, 1.82) is 0 Å².